The van der Waals surface area contributed by atoms with Crippen LogP contribution in [0.25, 0.3) is 0 Å². The fourth-order valence-corrected chi connectivity index (χ4v) is 2.11. The first-order chi connectivity index (χ1) is 9.06. The Labute approximate surface area is 119 Å². The molecule has 0 saturated heterocycles. The number of nitrogens with two attached hydrogens (primary N) is 1. The van der Waals surface area contributed by atoms with Crippen LogP contribution in [0.15, 0.2) is 41.1 Å². The zero-order valence-electron chi connectivity index (χ0n) is 10.4. The molecule has 3 nitrogen and oxygen atoms in total. The van der Waals surface area contributed by atoms with E-state index in [1.165, 1.54) is 12.1 Å². The van der Waals surface area contributed by atoms with Crippen LogP contribution in [-0.4, -0.2) is 4.98 Å². The molecule has 0 fully saturated rings. The largest absolute Gasteiger partial charge is 0.489 e. The van der Waals surface area contributed by atoms with Gasteiger partial charge in [-0.15, -0.1) is 0 Å². The predicted octanol–water partition coefficient (Wildman–Crippen LogP) is 3.58. The van der Waals surface area contributed by atoms with Crippen molar-refractivity contribution in [3.05, 3.63) is 58.1 Å². The van der Waals surface area contributed by atoms with Gasteiger partial charge in [-0.1, -0.05) is 0 Å². The van der Waals surface area contributed by atoms with Gasteiger partial charge < -0.3 is 10.5 Å². The van der Waals surface area contributed by atoms with Crippen LogP contribution in [0, 0.1) is 5.82 Å². The van der Waals surface area contributed by atoms with Crippen LogP contribution in [0.4, 0.5) is 4.39 Å². The van der Waals surface area contributed by atoms with Gasteiger partial charge >= 0.3 is 0 Å². The van der Waals surface area contributed by atoms with Crippen LogP contribution in [0.1, 0.15) is 24.1 Å². The van der Waals surface area contributed by atoms with Crippen molar-refractivity contribution in [2.75, 3.05) is 0 Å². The molecule has 0 aliphatic carbocycles. The molecule has 1 aromatic carbocycles. The summed E-state index contributed by atoms with van der Waals surface area (Å²) < 4.78 is 19.8. The van der Waals surface area contributed by atoms with Crippen LogP contribution in [0.5, 0.6) is 5.75 Å². The topological polar surface area (TPSA) is 48.1 Å². The number of rotatable bonds is 4. The summed E-state index contributed by atoms with van der Waals surface area (Å²) in [5, 5.41) is 0. The van der Waals surface area contributed by atoms with E-state index >= 15 is 0 Å². The Kier molecular flexibility index (Phi) is 4.50. The molecule has 5 heteroatoms. The zero-order valence-corrected chi connectivity index (χ0v) is 12.0. The van der Waals surface area contributed by atoms with E-state index in [0.717, 1.165) is 10.0 Å². The number of benzene rings is 1. The first kappa shape index (κ1) is 14.0. The van der Waals surface area contributed by atoms with Gasteiger partial charge in [0.2, 0.25) is 0 Å². The summed E-state index contributed by atoms with van der Waals surface area (Å²) in [4.78, 5) is 4.06. The highest BCUT2D eigenvalue weighted by molar-refractivity contribution is 9.10. The Morgan fingerprint density at radius 2 is 2.16 bits per heavy atom. The number of halogens is 2. The Morgan fingerprint density at radius 3 is 2.84 bits per heavy atom. The van der Waals surface area contributed by atoms with Gasteiger partial charge in [-0.3, -0.25) is 4.98 Å². The monoisotopic (exact) mass is 324 g/mol. The van der Waals surface area contributed by atoms with E-state index in [9.17, 15) is 4.39 Å². The van der Waals surface area contributed by atoms with Gasteiger partial charge in [-0.05, 0) is 47.1 Å². The molecule has 0 aliphatic heterocycles. The second-order valence-electron chi connectivity index (χ2n) is 4.27. The van der Waals surface area contributed by atoms with E-state index < -0.39 is 0 Å². The lowest BCUT2D eigenvalue weighted by molar-refractivity contribution is 0.300. The lowest BCUT2D eigenvalue weighted by Gasteiger charge is -2.14. The highest BCUT2D eigenvalue weighted by atomic mass is 79.9. The molecular formula is C14H14BrFN2O. The minimum atomic E-state index is -0.316. The molecule has 0 aliphatic rings. The van der Waals surface area contributed by atoms with Crippen LogP contribution in [0.2, 0.25) is 0 Å². The molecule has 1 unspecified atom stereocenters. The van der Waals surface area contributed by atoms with Crippen molar-refractivity contribution >= 4 is 15.9 Å². The maximum absolute atomic E-state index is 13.2. The molecule has 19 heavy (non-hydrogen) atoms. The summed E-state index contributed by atoms with van der Waals surface area (Å²) in [5.41, 5.74) is 7.39. The lowest BCUT2D eigenvalue weighted by Crippen LogP contribution is -2.08. The van der Waals surface area contributed by atoms with Gasteiger partial charge in [0.25, 0.3) is 0 Å². The average Bonchev–Trinajstić information content (AvgIpc) is 2.37. The molecule has 1 aromatic heterocycles. The Bertz CT molecular complexity index is 575. The van der Waals surface area contributed by atoms with Crippen molar-refractivity contribution in [2.45, 2.75) is 19.6 Å². The summed E-state index contributed by atoms with van der Waals surface area (Å²) in [6, 6.07) is 5.99. The third-order valence-corrected chi connectivity index (χ3v) is 3.05. The molecule has 2 N–H and O–H groups in total. The van der Waals surface area contributed by atoms with E-state index in [2.05, 4.69) is 20.9 Å². The highest BCUT2D eigenvalue weighted by Gasteiger charge is 2.10. The van der Waals surface area contributed by atoms with Crippen molar-refractivity contribution < 1.29 is 9.13 Å². The van der Waals surface area contributed by atoms with Crippen molar-refractivity contribution in [1.82, 2.24) is 4.98 Å². The molecule has 0 bridgehead atoms. The fraction of sp³-hybridized carbons (Fsp3) is 0.214. The van der Waals surface area contributed by atoms with E-state index in [4.69, 9.17) is 10.5 Å². The SMILES string of the molecule is CC(N)c1cc(F)ccc1OCc1cncc(Br)c1. The van der Waals surface area contributed by atoms with E-state index in [1.807, 2.05) is 6.07 Å². The minimum absolute atomic E-state index is 0.286. The minimum Gasteiger partial charge on any atom is -0.489 e. The quantitative estimate of drug-likeness (QED) is 0.935. The van der Waals surface area contributed by atoms with Gasteiger partial charge in [0.15, 0.2) is 0 Å². The molecule has 0 radical (unpaired) electrons. The van der Waals surface area contributed by atoms with E-state index in [0.29, 0.717) is 17.9 Å². The molecule has 1 heterocycles. The molecule has 1 atom stereocenters. The van der Waals surface area contributed by atoms with E-state index in [-0.39, 0.29) is 11.9 Å². The molecule has 0 saturated carbocycles. The van der Waals surface area contributed by atoms with Crippen LogP contribution in [-0.2, 0) is 6.61 Å². The fourth-order valence-electron chi connectivity index (χ4n) is 1.70. The van der Waals surface area contributed by atoms with Crippen LogP contribution in [0.3, 0.4) is 0 Å². The average molecular weight is 325 g/mol. The van der Waals surface area contributed by atoms with Gasteiger partial charge in [0, 0.05) is 34.0 Å². The highest BCUT2D eigenvalue weighted by Crippen LogP contribution is 2.25. The summed E-state index contributed by atoms with van der Waals surface area (Å²) in [6.07, 6.45) is 3.43. The number of hydrogen-bond acceptors (Lipinski definition) is 3. The summed E-state index contributed by atoms with van der Waals surface area (Å²) >= 11 is 3.35. The lowest BCUT2D eigenvalue weighted by atomic mass is 10.1. The Morgan fingerprint density at radius 1 is 1.37 bits per heavy atom. The zero-order chi connectivity index (χ0) is 13.8. The number of ether oxygens (including phenoxy) is 1. The smallest absolute Gasteiger partial charge is 0.124 e. The Balaban J connectivity index is 2.15. The van der Waals surface area contributed by atoms with Gasteiger partial charge in [0.1, 0.15) is 18.2 Å². The second kappa shape index (κ2) is 6.12. The van der Waals surface area contributed by atoms with Gasteiger partial charge in [0.05, 0.1) is 0 Å². The van der Waals surface area contributed by atoms with Gasteiger partial charge in [-0.2, -0.15) is 0 Å². The third-order valence-electron chi connectivity index (χ3n) is 2.62. The summed E-state index contributed by atoms with van der Waals surface area (Å²) in [5.74, 6) is 0.278. The van der Waals surface area contributed by atoms with E-state index in [1.54, 1.807) is 25.4 Å². The van der Waals surface area contributed by atoms with Crippen molar-refractivity contribution in [3.8, 4) is 5.75 Å². The molecule has 0 amide bonds. The number of hydrogen-bond donors (Lipinski definition) is 1. The number of nitrogens with zero attached hydrogens (tertiary/aromatic N) is 1. The van der Waals surface area contributed by atoms with Crippen molar-refractivity contribution in [3.63, 3.8) is 0 Å². The predicted molar refractivity (Wildman–Crippen MR) is 75.3 cm³/mol. The summed E-state index contributed by atoms with van der Waals surface area (Å²) in [6.45, 7) is 2.15. The van der Waals surface area contributed by atoms with Gasteiger partial charge in [-0.25, -0.2) is 4.39 Å². The Hall–Kier alpha value is -1.46. The first-order valence-corrected chi connectivity index (χ1v) is 6.63. The van der Waals surface area contributed by atoms with Crippen molar-refractivity contribution in [1.29, 1.82) is 0 Å². The number of pyridine rings is 1. The molecule has 2 rings (SSSR count). The van der Waals surface area contributed by atoms with Crippen LogP contribution < -0.4 is 10.5 Å². The number of aromatic nitrogens is 1. The molecule has 100 valence electrons. The molecule has 2 aromatic rings. The first-order valence-electron chi connectivity index (χ1n) is 5.83. The third kappa shape index (κ3) is 3.75. The molecule has 0 spiro atoms. The van der Waals surface area contributed by atoms with Crippen LogP contribution >= 0.6 is 15.9 Å². The summed E-state index contributed by atoms with van der Waals surface area (Å²) in [7, 11) is 0. The van der Waals surface area contributed by atoms with Crippen molar-refractivity contribution in [2.24, 2.45) is 5.73 Å². The standard InChI is InChI=1S/C14H14BrFN2O/c1-9(17)13-5-12(16)2-3-14(13)19-8-10-4-11(15)7-18-6-10/h2-7,9H,8,17H2,1H3. The molecular weight excluding hydrogens is 311 g/mol. The normalized spacial score (nSPS) is 12.2. The maximum atomic E-state index is 13.2. The second-order valence-corrected chi connectivity index (χ2v) is 5.19. The maximum Gasteiger partial charge on any atom is 0.124 e.